The van der Waals surface area contributed by atoms with Crippen LogP contribution in [0.5, 0.6) is 0 Å². The van der Waals surface area contributed by atoms with E-state index in [1.54, 1.807) is 29.5 Å². The number of nitriles is 1. The van der Waals surface area contributed by atoms with E-state index < -0.39 is 0 Å². The fourth-order valence-corrected chi connectivity index (χ4v) is 3.69. The molecule has 0 fully saturated rings. The minimum absolute atomic E-state index is 0.105. The zero-order valence-electron chi connectivity index (χ0n) is 11.0. The molecule has 2 aromatic rings. The maximum Gasteiger partial charge on any atom is 0.256 e. The van der Waals surface area contributed by atoms with Gasteiger partial charge in [0.05, 0.1) is 16.8 Å². The monoisotopic (exact) mass is 282 g/mol. The highest BCUT2D eigenvalue weighted by Gasteiger charge is 2.20. The number of nitrogens with one attached hydrogen (secondary N) is 1. The van der Waals surface area contributed by atoms with Crippen LogP contribution in [0.25, 0.3) is 0 Å². The number of aryl methyl sites for hydroxylation is 1. The van der Waals surface area contributed by atoms with E-state index in [1.165, 1.54) is 16.9 Å². The van der Waals surface area contributed by atoms with Gasteiger partial charge in [0.2, 0.25) is 0 Å². The maximum absolute atomic E-state index is 12.4. The summed E-state index contributed by atoms with van der Waals surface area (Å²) in [5.41, 5.74) is 3.05. The normalized spacial score (nSPS) is 13.3. The topological polar surface area (TPSA) is 52.9 Å². The third kappa shape index (κ3) is 2.33. The van der Waals surface area contributed by atoms with Gasteiger partial charge in [-0.1, -0.05) is 12.1 Å². The van der Waals surface area contributed by atoms with Crippen molar-refractivity contribution in [2.45, 2.75) is 25.7 Å². The van der Waals surface area contributed by atoms with Gasteiger partial charge in [-0.2, -0.15) is 5.26 Å². The molecule has 1 heterocycles. The molecule has 1 aromatic carbocycles. The molecule has 1 aliphatic carbocycles. The van der Waals surface area contributed by atoms with Gasteiger partial charge in [0.25, 0.3) is 5.91 Å². The number of carbonyl (C=O) groups is 1. The number of anilines is 1. The molecule has 1 aliphatic rings. The van der Waals surface area contributed by atoms with E-state index in [4.69, 9.17) is 5.26 Å². The highest BCUT2D eigenvalue weighted by atomic mass is 32.1. The highest BCUT2D eigenvalue weighted by molar-refractivity contribution is 7.10. The van der Waals surface area contributed by atoms with Crippen molar-refractivity contribution >= 4 is 22.9 Å². The van der Waals surface area contributed by atoms with Gasteiger partial charge in [-0.3, -0.25) is 4.79 Å². The first kappa shape index (κ1) is 12.9. The Morgan fingerprint density at radius 1 is 1.25 bits per heavy atom. The summed E-state index contributed by atoms with van der Waals surface area (Å²) >= 11 is 1.67. The number of hydrogen-bond acceptors (Lipinski definition) is 3. The average Bonchev–Trinajstić information content (AvgIpc) is 2.92. The SMILES string of the molecule is N#Cc1ccccc1NC(=O)c1csc2c1CCCC2. The second-order valence-electron chi connectivity index (χ2n) is 4.87. The van der Waals surface area contributed by atoms with Crippen molar-refractivity contribution in [1.29, 1.82) is 5.26 Å². The van der Waals surface area contributed by atoms with Crippen LogP contribution in [0.1, 0.15) is 39.2 Å². The summed E-state index contributed by atoms with van der Waals surface area (Å²) in [6.07, 6.45) is 4.44. The number of para-hydroxylation sites is 1. The molecular weight excluding hydrogens is 268 g/mol. The molecule has 0 saturated heterocycles. The van der Waals surface area contributed by atoms with Gasteiger partial charge in [-0.15, -0.1) is 11.3 Å². The molecule has 4 heteroatoms. The molecule has 1 N–H and O–H groups in total. The molecule has 3 rings (SSSR count). The van der Waals surface area contributed by atoms with Crippen molar-refractivity contribution in [2.75, 3.05) is 5.32 Å². The van der Waals surface area contributed by atoms with Crippen molar-refractivity contribution in [2.24, 2.45) is 0 Å². The highest BCUT2D eigenvalue weighted by Crippen LogP contribution is 2.30. The quantitative estimate of drug-likeness (QED) is 0.912. The largest absolute Gasteiger partial charge is 0.321 e. The summed E-state index contributed by atoms with van der Waals surface area (Å²) in [6, 6.07) is 9.17. The summed E-state index contributed by atoms with van der Waals surface area (Å²) in [4.78, 5) is 13.7. The summed E-state index contributed by atoms with van der Waals surface area (Å²) in [6.45, 7) is 0. The molecule has 100 valence electrons. The van der Waals surface area contributed by atoms with E-state index in [-0.39, 0.29) is 5.91 Å². The van der Waals surface area contributed by atoms with E-state index in [0.29, 0.717) is 11.3 Å². The van der Waals surface area contributed by atoms with Crippen molar-refractivity contribution < 1.29 is 4.79 Å². The number of carbonyl (C=O) groups excluding carboxylic acids is 1. The Bertz CT molecular complexity index is 697. The van der Waals surface area contributed by atoms with Gasteiger partial charge in [0.1, 0.15) is 6.07 Å². The van der Waals surface area contributed by atoms with Crippen LogP contribution in [0, 0.1) is 11.3 Å². The number of nitrogens with zero attached hydrogens (tertiary/aromatic N) is 1. The van der Waals surface area contributed by atoms with Gasteiger partial charge < -0.3 is 5.32 Å². The molecule has 0 bridgehead atoms. The number of thiophene rings is 1. The number of amides is 1. The molecule has 0 unspecified atom stereocenters. The molecule has 0 spiro atoms. The van der Waals surface area contributed by atoms with Crippen molar-refractivity contribution in [3.05, 3.63) is 51.2 Å². The Balaban J connectivity index is 1.87. The number of rotatable bonds is 2. The smallest absolute Gasteiger partial charge is 0.256 e. The lowest BCUT2D eigenvalue weighted by molar-refractivity contribution is 0.102. The van der Waals surface area contributed by atoms with Crippen LogP contribution in [0.2, 0.25) is 0 Å². The van der Waals surface area contributed by atoms with Crippen LogP contribution in [0.15, 0.2) is 29.6 Å². The van der Waals surface area contributed by atoms with E-state index in [1.807, 2.05) is 11.4 Å². The van der Waals surface area contributed by atoms with Crippen LogP contribution in [0.3, 0.4) is 0 Å². The van der Waals surface area contributed by atoms with E-state index in [0.717, 1.165) is 24.8 Å². The zero-order chi connectivity index (χ0) is 13.9. The van der Waals surface area contributed by atoms with Crippen molar-refractivity contribution in [1.82, 2.24) is 0 Å². The molecule has 0 atom stereocenters. The summed E-state index contributed by atoms with van der Waals surface area (Å²) in [5, 5.41) is 13.9. The lowest BCUT2D eigenvalue weighted by atomic mass is 9.95. The number of hydrogen-bond donors (Lipinski definition) is 1. The fourth-order valence-electron chi connectivity index (χ4n) is 2.56. The van der Waals surface area contributed by atoms with Crippen LogP contribution in [0.4, 0.5) is 5.69 Å². The molecule has 0 aliphatic heterocycles. The Kier molecular flexibility index (Phi) is 3.53. The third-order valence-corrected chi connectivity index (χ3v) is 4.69. The molecule has 3 nitrogen and oxygen atoms in total. The van der Waals surface area contributed by atoms with Gasteiger partial charge in [-0.25, -0.2) is 0 Å². The minimum atomic E-state index is -0.105. The summed E-state index contributed by atoms with van der Waals surface area (Å²) < 4.78 is 0. The van der Waals surface area contributed by atoms with Crippen LogP contribution < -0.4 is 5.32 Å². The van der Waals surface area contributed by atoms with Crippen molar-refractivity contribution in [3.63, 3.8) is 0 Å². The van der Waals surface area contributed by atoms with E-state index in [2.05, 4.69) is 11.4 Å². The number of benzene rings is 1. The minimum Gasteiger partial charge on any atom is -0.321 e. The van der Waals surface area contributed by atoms with Gasteiger partial charge in [-0.05, 0) is 43.4 Å². The second kappa shape index (κ2) is 5.48. The predicted molar refractivity (Wildman–Crippen MR) is 80.1 cm³/mol. The Morgan fingerprint density at radius 2 is 2.05 bits per heavy atom. The van der Waals surface area contributed by atoms with Gasteiger partial charge in [0.15, 0.2) is 0 Å². The lowest BCUT2D eigenvalue weighted by Gasteiger charge is -2.13. The molecular formula is C16H14N2OS. The molecule has 20 heavy (non-hydrogen) atoms. The van der Waals surface area contributed by atoms with Crippen molar-refractivity contribution in [3.8, 4) is 6.07 Å². The lowest BCUT2D eigenvalue weighted by Crippen LogP contribution is -2.15. The standard InChI is InChI=1S/C16H14N2OS/c17-9-11-5-1-3-7-14(11)18-16(19)13-10-20-15-8-4-2-6-12(13)15/h1,3,5,7,10H,2,4,6,8H2,(H,18,19). The van der Waals surface area contributed by atoms with Crippen LogP contribution in [-0.2, 0) is 12.8 Å². The summed E-state index contributed by atoms with van der Waals surface area (Å²) in [7, 11) is 0. The fraction of sp³-hybridized carbons (Fsp3) is 0.250. The molecule has 0 radical (unpaired) electrons. The first-order valence-corrected chi connectivity index (χ1v) is 7.57. The Hall–Kier alpha value is -2.12. The zero-order valence-corrected chi connectivity index (χ0v) is 11.8. The maximum atomic E-state index is 12.4. The van der Waals surface area contributed by atoms with E-state index >= 15 is 0 Å². The predicted octanol–water partition coefficient (Wildman–Crippen LogP) is 3.75. The Morgan fingerprint density at radius 3 is 2.90 bits per heavy atom. The second-order valence-corrected chi connectivity index (χ2v) is 5.83. The molecule has 0 saturated carbocycles. The molecule has 1 aromatic heterocycles. The average molecular weight is 282 g/mol. The van der Waals surface area contributed by atoms with E-state index in [9.17, 15) is 4.79 Å². The summed E-state index contributed by atoms with van der Waals surface area (Å²) in [5.74, 6) is -0.105. The van der Waals surface area contributed by atoms with Gasteiger partial charge in [0, 0.05) is 10.3 Å². The third-order valence-electron chi connectivity index (χ3n) is 3.60. The Labute approximate surface area is 121 Å². The van der Waals surface area contributed by atoms with Gasteiger partial charge >= 0.3 is 0 Å². The molecule has 1 amide bonds. The van der Waals surface area contributed by atoms with Crippen LogP contribution >= 0.6 is 11.3 Å². The van der Waals surface area contributed by atoms with Crippen LogP contribution in [-0.4, -0.2) is 5.91 Å². The number of fused-ring (bicyclic) bond motifs is 1. The first-order valence-electron chi connectivity index (χ1n) is 6.69. The first-order chi connectivity index (χ1) is 9.79.